The van der Waals surface area contributed by atoms with E-state index in [2.05, 4.69) is 10.6 Å². The van der Waals surface area contributed by atoms with E-state index in [1.807, 2.05) is 61.2 Å². The average molecular weight is 471 g/mol. The number of carbonyl (C=O) groups is 3. The molecule has 0 spiro atoms. The lowest BCUT2D eigenvalue weighted by Gasteiger charge is -2.13. The minimum absolute atomic E-state index is 0.00346. The molecule has 0 fully saturated rings. The molecule has 2 aromatic heterocycles. The highest BCUT2D eigenvalue weighted by Gasteiger charge is 2.28. The highest BCUT2D eigenvalue weighted by molar-refractivity contribution is 6.25. The molecule has 0 radical (unpaired) electrons. The van der Waals surface area contributed by atoms with Gasteiger partial charge in [0.15, 0.2) is 5.78 Å². The molecule has 5 rings (SSSR count). The van der Waals surface area contributed by atoms with Gasteiger partial charge in [-0.1, -0.05) is 36.4 Å². The summed E-state index contributed by atoms with van der Waals surface area (Å²) in [4.78, 5) is 39.6. The number of anilines is 1. The number of hydrogen-bond acceptors (Lipinski definition) is 5. The van der Waals surface area contributed by atoms with E-state index in [0.29, 0.717) is 35.6 Å². The van der Waals surface area contributed by atoms with Gasteiger partial charge in [-0.3, -0.25) is 19.1 Å². The summed E-state index contributed by atoms with van der Waals surface area (Å²) in [6.07, 6.45) is 1.71. The Balaban J connectivity index is 1.31. The van der Waals surface area contributed by atoms with Crippen molar-refractivity contribution >= 4 is 34.2 Å². The fraction of sp³-hybridized carbons (Fsp3) is 0.231. The Hall–Kier alpha value is -4.24. The second kappa shape index (κ2) is 8.84. The minimum atomic E-state index is -0.247. The third-order valence-corrected chi connectivity index (χ3v) is 6.04. The number of likely N-dealkylation sites (N-methyl/N-ethyl adjacent to an activating group) is 1. The molecule has 35 heavy (non-hydrogen) atoms. The third-order valence-electron chi connectivity index (χ3n) is 6.04. The highest BCUT2D eigenvalue weighted by atomic mass is 16.2. The fourth-order valence-corrected chi connectivity index (χ4v) is 4.52. The van der Waals surface area contributed by atoms with Gasteiger partial charge in [0.2, 0.25) is 5.91 Å². The molecule has 1 aliphatic carbocycles. The lowest BCUT2D eigenvalue weighted by atomic mass is 9.87. The van der Waals surface area contributed by atoms with Crippen LogP contribution < -0.4 is 10.6 Å². The topological polar surface area (TPSA) is 101 Å². The molecule has 2 amide bonds. The minimum Gasteiger partial charge on any atom is -0.349 e. The molecule has 2 heterocycles. The normalized spacial score (nSPS) is 12.2. The Labute approximate surface area is 202 Å². The number of nitrogens with zero attached hydrogens (tertiary/aromatic N) is 4. The molecule has 0 saturated carbocycles. The van der Waals surface area contributed by atoms with Gasteiger partial charge in [0, 0.05) is 41.9 Å². The summed E-state index contributed by atoms with van der Waals surface area (Å²) in [6.45, 7) is 1.05. The quantitative estimate of drug-likeness (QED) is 0.381. The molecule has 0 aliphatic heterocycles. The van der Waals surface area contributed by atoms with E-state index in [1.165, 1.54) is 0 Å². The molecule has 0 bridgehead atoms. The van der Waals surface area contributed by atoms with Crippen molar-refractivity contribution in [2.75, 3.05) is 32.5 Å². The number of carbonyl (C=O) groups excluding carboxylic acids is 3. The zero-order valence-electron chi connectivity index (χ0n) is 19.8. The van der Waals surface area contributed by atoms with Crippen molar-refractivity contribution in [3.05, 3.63) is 71.5 Å². The van der Waals surface area contributed by atoms with Gasteiger partial charge < -0.3 is 20.1 Å². The largest absolute Gasteiger partial charge is 0.349 e. The number of benzene rings is 2. The molecular formula is C26H26N6O3. The Bertz CT molecular complexity index is 1480. The Morgan fingerprint density at radius 2 is 1.77 bits per heavy atom. The monoisotopic (exact) mass is 470 g/mol. The molecule has 1 aliphatic rings. The molecule has 4 aromatic rings. The number of nitrogens with one attached hydrogen (secondary N) is 2. The number of rotatable bonds is 7. The predicted molar refractivity (Wildman–Crippen MR) is 134 cm³/mol. The van der Waals surface area contributed by atoms with Crippen LogP contribution in [0.25, 0.3) is 22.2 Å². The first-order valence-corrected chi connectivity index (χ1v) is 11.4. The number of aryl methyl sites for hydroxylation is 1. The summed E-state index contributed by atoms with van der Waals surface area (Å²) in [5, 5.41) is 11.4. The summed E-state index contributed by atoms with van der Waals surface area (Å²) >= 11 is 0. The van der Waals surface area contributed by atoms with Crippen LogP contribution in [0.1, 0.15) is 26.4 Å². The maximum Gasteiger partial charge on any atom is 0.268 e. The van der Waals surface area contributed by atoms with Gasteiger partial charge >= 0.3 is 0 Å². The van der Waals surface area contributed by atoms with Crippen molar-refractivity contribution in [3.63, 3.8) is 0 Å². The zero-order chi connectivity index (χ0) is 24.7. The molecule has 9 heteroatoms. The standard InChI is InChI=1S/C26H26N6O3/c1-30(2)15-22(33)28-16-13-21(31(3)14-16)26(35)27-11-12-32-20-10-6-9-19-23(20)24(29-32)17-7-4-5-8-18(17)25(19)34/h4-10,13-14H,11-12,15H2,1-3H3,(H,27,35)(H,28,33). The van der Waals surface area contributed by atoms with Crippen LogP contribution in [-0.4, -0.2) is 64.0 Å². The molecule has 9 nitrogen and oxygen atoms in total. The molecule has 2 aromatic carbocycles. The molecular weight excluding hydrogens is 444 g/mol. The van der Waals surface area contributed by atoms with Gasteiger partial charge in [-0.25, -0.2) is 0 Å². The maximum absolute atomic E-state index is 13.0. The number of hydrogen-bond donors (Lipinski definition) is 2. The van der Waals surface area contributed by atoms with Gasteiger partial charge in [-0.2, -0.15) is 5.10 Å². The van der Waals surface area contributed by atoms with Gasteiger partial charge in [0.1, 0.15) is 11.4 Å². The number of aromatic nitrogens is 3. The van der Waals surface area contributed by atoms with Crippen LogP contribution in [-0.2, 0) is 18.4 Å². The summed E-state index contributed by atoms with van der Waals surface area (Å²) in [5.41, 5.74) is 4.80. The first-order chi connectivity index (χ1) is 16.8. The Morgan fingerprint density at radius 1 is 1.03 bits per heavy atom. The first kappa shape index (κ1) is 22.5. The first-order valence-electron chi connectivity index (χ1n) is 11.4. The molecule has 0 unspecified atom stereocenters. The number of fused-ring (bicyclic) bond motifs is 2. The number of amides is 2. The van der Waals surface area contributed by atoms with Crippen molar-refractivity contribution < 1.29 is 14.4 Å². The van der Waals surface area contributed by atoms with Crippen molar-refractivity contribution in [2.24, 2.45) is 7.05 Å². The second-order valence-electron chi connectivity index (χ2n) is 8.91. The van der Waals surface area contributed by atoms with E-state index in [-0.39, 0.29) is 24.1 Å². The van der Waals surface area contributed by atoms with Crippen molar-refractivity contribution in [1.29, 1.82) is 0 Å². The molecule has 0 saturated heterocycles. The maximum atomic E-state index is 13.0. The van der Waals surface area contributed by atoms with Crippen molar-refractivity contribution in [1.82, 2.24) is 24.6 Å². The van der Waals surface area contributed by atoms with Crippen LogP contribution in [0.4, 0.5) is 5.69 Å². The van der Waals surface area contributed by atoms with Gasteiger partial charge in [0.25, 0.3) is 5.91 Å². The van der Waals surface area contributed by atoms with Crippen LogP contribution >= 0.6 is 0 Å². The smallest absolute Gasteiger partial charge is 0.268 e. The average Bonchev–Trinajstić information content (AvgIpc) is 3.37. The number of ketones is 1. The van der Waals surface area contributed by atoms with E-state index < -0.39 is 0 Å². The summed E-state index contributed by atoms with van der Waals surface area (Å²) in [5.74, 6) is -0.391. The summed E-state index contributed by atoms with van der Waals surface area (Å²) < 4.78 is 3.51. The lowest BCUT2D eigenvalue weighted by Crippen LogP contribution is -2.29. The van der Waals surface area contributed by atoms with Crippen LogP contribution in [0, 0.1) is 0 Å². The summed E-state index contributed by atoms with van der Waals surface area (Å²) in [7, 11) is 5.39. The van der Waals surface area contributed by atoms with Crippen LogP contribution in [0.15, 0.2) is 54.7 Å². The second-order valence-corrected chi connectivity index (χ2v) is 8.91. The van der Waals surface area contributed by atoms with Gasteiger partial charge in [-0.15, -0.1) is 0 Å². The Kier molecular flexibility index (Phi) is 5.70. The SMILES string of the molecule is CN(C)CC(=O)Nc1cc(C(=O)NCCn2nc3c4c(cccc42)C(=O)c2ccccc2-3)n(C)c1. The molecule has 0 atom stereocenters. The van der Waals surface area contributed by atoms with Crippen LogP contribution in [0.5, 0.6) is 0 Å². The third kappa shape index (κ3) is 4.10. The van der Waals surface area contributed by atoms with Crippen LogP contribution in [0.3, 0.4) is 0 Å². The highest BCUT2D eigenvalue weighted by Crippen LogP contribution is 2.38. The van der Waals surface area contributed by atoms with E-state index in [1.54, 1.807) is 28.8 Å². The van der Waals surface area contributed by atoms with Gasteiger partial charge in [-0.05, 0) is 26.2 Å². The van der Waals surface area contributed by atoms with E-state index in [9.17, 15) is 14.4 Å². The predicted octanol–water partition coefficient (Wildman–Crippen LogP) is 2.52. The molecule has 2 N–H and O–H groups in total. The van der Waals surface area contributed by atoms with E-state index in [0.717, 1.165) is 22.2 Å². The summed E-state index contributed by atoms with van der Waals surface area (Å²) in [6, 6.07) is 14.8. The molecule has 178 valence electrons. The van der Waals surface area contributed by atoms with Gasteiger partial charge in [0.05, 0.1) is 24.3 Å². The van der Waals surface area contributed by atoms with Crippen molar-refractivity contribution in [2.45, 2.75) is 6.54 Å². The van der Waals surface area contributed by atoms with E-state index >= 15 is 0 Å². The zero-order valence-corrected chi connectivity index (χ0v) is 19.8. The lowest BCUT2D eigenvalue weighted by molar-refractivity contribution is -0.116. The fourth-order valence-electron chi connectivity index (χ4n) is 4.52. The Morgan fingerprint density at radius 3 is 2.54 bits per heavy atom. The van der Waals surface area contributed by atoms with Crippen molar-refractivity contribution in [3.8, 4) is 11.3 Å². The van der Waals surface area contributed by atoms with Crippen LogP contribution in [0.2, 0.25) is 0 Å². The van der Waals surface area contributed by atoms with E-state index in [4.69, 9.17) is 5.10 Å².